The Labute approximate surface area is 160 Å². The fraction of sp³-hybridized carbons (Fsp3) is 0.318. The molecule has 27 heavy (non-hydrogen) atoms. The molecule has 142 valence electrons. The number of rotatable bonds is 5. The predicted molar refractivity (Wildman–Crippen MR) is 105 cm³/mol. The third-order valence-corrected chi connectivity index (χ3v) is 4.98. The molecule has 1 amide bonds. The highest BCUT2D eigenvalue weighted by Crippen LogP contribution is 2.37. The molecule has 0 saturated heterocycles. The molecular weight excluding hydrogens is 342 g/mol. The van der Waals surface area contributed by atoms with Crippen molar-refractivity contribution in [2.75, 3.05) is 27.9 Å². The van der Waals surface area contributed by atoms with Gasteiger partial charge in [-0.05, 0) is 60.4 Å². The van der Waals surface area contributed by atoms with Gasteiger partial charge in [0.1, 0.15) is 5.75 Å². The van der Waals surface area contributed by atoms with Crippen LogP contribution in [0.25, 0.3) is 6.08 Å². The third kappa shape index (κ3) is 3.92. The topological polar surface area (TPSA) is 48.0 Å². The van der Waals surface area contributed by atoms with Gasteiger partial charge in [0, 0.05) is 12.6 Å². The van der Waals surface area contributed by atoms with Crippen molar-refractivity contribution in [1.29, 1.82) is 0 Å². The van der Waals surface area contributed by atoms with Crippen LogP contribution in [0.4, 0.5) is 0 Å². The number of benzene rings is 2. The van der Waals surface area contributed by atoms with E-state index in [2.05, 4.69) is 0 Å². The lowest BCUT2D eigenvalue weighted by atomic mass is 9.92. The van der Waals surface area contributed by atoms with Gasteiger partial charge >= 0.3 is 0 Å². The van der Waals surface area contributed by atoms with Crippen LogP contribution in [0.15, 0.2) is 42.5 Å². The van der Waals surface area contributed by atoms with E-state index in [1.807, 2.05) is 54.3 Å². The van der Waals surface area contributed by atoms with Crippen molar-refractivity contribution in [2.45, 2.75) is 19.4 Å². The first-order chi connectivity index (χ1) is 13.1. The fourth-order valence-electron chi connectivity index (χ4n) is 3.45. The Balaban J connectivity index is 1.80. The van der Waals surface area contributed by atoms with Crippen LogP contribution in [0.1, 0.15) is 29.7 Å². The van der Waals surface area contributed by atoms with Crippen LogP contribution < -0.4 is 14.2 Å². The Morgan fingerprint density at radius 1 is 1.07 bits per heavy atom. The standard InChI is InChI=1S/C22H25NO4/c1-15-19-14-21(27-4)20(26-3)13-17(19)10-11-23(15)22(24)9-8-16-6-5-7-18(12-16)25-2/h5-9,12-15H,10-11H2,1-4H3/t15-/m1/s1. The zero-order valence-corrected chi connectivity index (χ0v) is 16.2. The first kappa shape index (κ1) is 18.8. The van der Waals surface area contributed by atoms with Crippen molar-refractivity contribution in [1.82, 2.24) is 4.90 Å². The molecule has 0 N–H and O–H groups in total. The summed E-state index contributed by atoms with van der Waals surface area (Å²) in [7, 11) is 4.89. The molecule has 2 aromatic carbocycles. The summed E-state index contributed by atoms with van der Waals surface area (Å²) in [5.74, 6) is 2.17. The van der Waals surface area contributed by atoms with Crippen LogP contribution in [0, 0.1) is 0 Å². The number of carbonyl (C=O) groups excluding carboxylic acids is 1. The number of hydrogen-bond acceptors (Lipinski definition) is 4. The van der Waals surface area contributed by atoms with Crippen LogP contribution in [0.2, 0.25) is 0 Å². The van der Waals surface area contributed by atoms with E-state index in [9.17, 15) is 4.79 Å². The highest BCUT2D eigenvalue weighted by atomic mass is 16.5. The Kier molecular flexibility index (Phi) is 5.69. The number of nitrogens with zero attached hydrogens (tertiary/aromatic N) is 1. The summed E-state index contributed by atoms with van der Waals surface area (Å²) in [6.07, 6.45) is 4.23. The highest BCUT2D eigenvalue weighted by Gasteiger charge is 2.28. The SMILES string of the molecule is COc1cccc(C=CC(=O)N2CCc3cc(OC)c(OC)cc3[C@H]2C)c1. The molecule has 0 unspecified atom stereocenters. The lowest BCUT2D eigenvalue weighted by molar-refractivity contribution is -0.128. The zero-order valence-electron chi connectivity index (χ0n) is 16.2. The average Bonchev–Trinajstić information content (AvgIpc) is 2.71. The largest absolute Gasteiger partial charge is 0.497 e. The number of hydrogen-bond donors (Lipinski definition) is 0. The second-order valence-corrected chi connectivity index (χ2v) is 6.47. The highest BCUT2D eigenvalue weighted by molar-refractivity contribution is 5.92. The Bertz CT molecular complexity index is 859. The zero-order chi connectivity index (χ0) is 19.4. The van der Waals surface area contributed by atoms with Gasteiger partial charge in [0.15, 0.2) is 11.5 Å². The fourth-order valence-corrected chi connectivity index (χ4v) is 3.45. The number of carbonyl (C=O) groups is 1. The lowest BCUT2D eigenvalue weighted by Gasteiger charge is -2.35. The molecule has 1 aliphatic rings. The minimum Gasteiger partial charge on any atom is -0.497 e. The van der Waals surface area contributed by atoms with Crippen molar-refractivity contribution in [3.63, 3.8) is 0 Å². The van der Waals surface area contributed by atoms with Crippen molar-refractivity contribution < 1.29 is 19.0 Å². The minimum absolute atomic E-state index is 0.00856. The van der Waals surface area contributed by atoms with Gasteiger partial charge < -0.3 is 19.1 Å². The molecule has 1 heterocycles. The predicted octanol–water partition coefficient (Wildman–Crippen LogP) is 3.87. The summed E-state index contributed by atoms with van der Waals surface area (Å²) < 4.78 is 16.0. The molecule has 0 radical (unpaired) electrons. The van der Waals surface area contributed by atoms with E-state index in [4.69, 9.17) is 14.2 Å². The smallest absolute Gasteiger partial charge is 0.247 e. The van der Waals surface area contributed by atoms with E-state index in [0.29, 0.717) is 12.3 Å². The second-order valence-electron chi connectivity index (χ2n) is 6.47. The van der Waals surface area contributed by atoms with Crippen LogP contribution in [0.5, 0.6) is 17.2 Å². The van der Waals surface area contributed by atoms with Gasteiger partial charge in [-0.1, -0.05) is 12.1 Å². The maximum Gasteiger partial charge on any atom is 0.247 e. The molecule has 0 aliphatic carbocycles. The monoisotopic (exact) mass is 367 g/mol. The van der Waals surface area contributed by atoms with Gasteiger partial charge in [-0.25, -0.2) is 0 Å². The van der Waals surface area contributed by atoms with E-state index < -0.39 is 0 Å². The first-order valence-corrected chi connectivity index (χ1v) is 8.95. The van der Waals surface area contributed by atoms with Gasteiger partial charge in [-0.3, -0.25) is 4.79 Å². The molecule has 0 fully saturated rings. The lowest BCUT2D eigenvalue weighted by Crippen LogP contribution is -2.37. The molecular formula is C22H25NO4. The molecule has 2 aromatic rings. The average molecular weight is 367 g/mol. The van der Waals surface area contributed by atoms with E-state index in [1.165, 1.54) is 5.56 Å². The van der Waals surface area contributed by atoms with Gasteiger partial charge in [-0.15, -0.1) is 0 Å². The molecule has 0 saturated carbocycles. The van der Waals surface area contributed by atoms with Crippen LogP contribution in [-0.4, -0.2) is 38.7 Å². The first-order valence-electron chi connectivity index (χ1n) is 8.95. The van der Waals surface area contributed by atoms with Gasteiger partial charge in [-0.2, -0.15) is 0 Å². The van der Waals surface area contributed by atoms with Crippen molar-refractivity contribution in [2.24, 2.45) is 0 Å². The summed E-state index contributed by atoms with van der Waals surface area (Å²) in [6.45, 7) is 2.71. The molecule has 5 heteroatoms. The Morgan fingerprint density at radius 3 is 2.52 bits per heavy atom. The summed E-state index contributed by atoms with van der Waals surface area (Å²) in [5.41, 5.74) is 3.22. The maximum absolute atomic E-state index is 12.8. The van der Waals surface area contributed by atoms with Crippen LogP contribution in [-0.2, 0) is 11.2 Å². The molecule has 0 spiro atoms. The van der Waals surface area contributed by atoms with Crippen LogP contribution in [0.3, 0.4) is 0 Å². The molecule has 0 bridgehead atoms. The maximum atomic E-state index is 12.8. The summed E-state index contributed by atoms with van der Waals surface area (Å²) in [5, 5.41) is 0. The number of amides is 1. The third-order valence-electron chi connectivity index (χ3n) is 4.98. The normalized spacial score (nSPS) is 16.1. The van der Waals surface area contributed by atoms with Crippen molar-refractivity contribution >= 4 is 12.0 Å². The van der Waals surface area contributed by atoms with E-state index in [1.54, 1.807) is 27.4 Å². The second kappa shape index (κ2) is 8.16. The van der Waals surface area contributed by atoms with Crippen LogP contribution >= 0.6 is 0 Å². The molecule has 0 aromatic heterocycles. The summed E-state index contributed by atoms with van der Waals surface area (Å²) in [6, 6.07) is 11.6. The van der Waals surface area contributed by atoms with E-state index in [-0.39, 0.29) is 11.9 Å². The Morgan fingerprint density at radius 2 is 1.81 bits per heavy atom. The minimum atomic E-state index is -0.0315. The number of ether oxygens (including phenoxy) is 3. The quantitative estimate of drug-likeness (QED) is 0.753. The van der Waals surface area contributed by atoms with Gasteiger partial charge in [0.2, 0.25) is 5.91 Å². The molecule has 1 aliphatic heterocycles. The molecule has 5 nitrogen and oxygen atoms in total. The van der Waals surface area contributed by atoms with Gasteiger partial charge in [0.25, 0.3) is 0 Å². The Hall–Kier alpha value is -2.95. The van der Waals surface area contributed by atoms with Gasteiger partial charge in [0.05, 0.1) is 27.4 Å². The summed E-state index contributed by atoms with van der Waals surface area (Å²) in [4.78, 5) is 14.7. The van der Waals surface area contributed by atoms with E-state index in [0.717, 1.165) is 29.0 Å². The molecule has 1 atom stereocenters. The van der Waals surface area contributed by atoms with Crippen molar-refractivity contribution in [3.8, 4) is 17.2 Å². The van der Waals surface area contributed by atoms with E-state index >= 15 is 0 Å². The molecule has 3 rings (SSSR count). The summed E-state index contributed by atoms with van der Waals surface area (Å²) >= 11 is 0. The number of fused-ring (bicyclic) bond motifs is 1. The number of methoxy groups -OCH3 is 3. The van der Waals surface area contributed by atoms with Crippen molar-refractivity contribution in [3.05, 3.63) is 59.2 Å².